The van der Waals surface area contributed by atoms with Crippen molar-refractivity contribution in [2.45, 2.75) is 54.4 Å². The first kappa shape index (κ1) is 27.6. The molecular weight excluding hydrogens is 437 g/mol. The minimum atomic E-state index is -2.75. The highest BCUT2D eigenvalue weighted by molar-refractivity contribution is 7.83. The SMILES string of the molecule is [2H][Si]([Si](CC=C)(CC=C)CC=C)([Si](CC=C)(CC=C)CC=C)[Si](CC=C)(CC=C)CC=C. The Morgan fingerprint density at radius 2 is 0.516 bits per heavy atom. The van der Waals surface area contributed by atoms with Crippen LogP contribution in [-0.2, 0) is 0 Å². The zero-order valence-electron chi connectivity index (χ0n) is 20.9. The van der Waals surface area contributed by atoms with E-state index in [9.17, 15) is 1.23 Å². The highest BCUT2D eigenvalue weighted by atomic mass is 29.9. The van der Waals surface area contributed by atoms with E-state index in [-0.39, 0.29) is 0 Å². The summed E-state index contributed by atoms with van der Waals surface area (Å²) in [6, 6.07) is 8.38. The van der Waals surface area contributed by atoms with E-state index in [4.69, 9.17) is 0 Å². The molecule has 0 aromatic rings. The standard InChI is InChI=1S/C27H46Si4/c1-10-19-29(20-11-2,21-12-3)28(30(22-13-4,23-14-5)24-15-6)31(25-16-7,26-17-8)27-18-9/h10-18,28H,1-9,19-27H2/i28D. The smallest absolute Gasteiger partial charge is 0.0502 e. The van der Waals surface area contributed by atoms with Gasteiger partial charge in [0.2, 0.25) is 0 Å². The van der Waals surface area contributed by atoms with Gasteiger partial charge in [-0.3, -0.25) is 0 Å². The van der Waals surface area contributed by atoms with Crippen LogP contribution in [0.3, 0.4) is 0 Å². The molecule has 0 N–H and O–H groups in total. The summed E-state index contributed by atoms with van der Waals surface area (Å²) in [5, 5.41) is 0. The van der Waals surface area contributed by atoms with E-state index in [1.165, 1.54) is 0 Å². The lowest BCUT2D eigenvalue weighted by atomic mass is 10.7. The van der Waals surface area contributed by atoms with E-state index < -0.39 is 30.1 Å². The molecule has 0 saturated carbocycles. The zero-order valence-corrected chi connectivity index (χ0v) is 23.9. The summed E-state index contributed by atoms with van der Waals surface area (Å²) in [7, 11) is -9.52. The molecule has 0 aliphatic heterocycles. The van der Waals surface area contributed by atoms with Gasteiger partial charge in [0.25, 0.3) is 0 Å². The average molecular weight is 484 g/mol. The third kappa shape index (κ3) is 7.28. The second-order valence-corrected chi connectivity index (χ2v) is 39.3. The van der Waals surface area contributed by atoms with Crippen molar-refractivity contribution in [1.29, 1.82) is 1.23 Å². The highest BCUT2D eigenvalue weighted by Crippen LogP contribution is 2.44. The fourth-order valence-corrected chi connectivity index (χ4v) is 84.0. The van der Waals surface area contributed by atoms with Gasteiger partial charge in [-0.15, -0.1) is 59.2 Å². The first-order valence-electron chi connectivity index (χ1n) is 11.8. The zero-order chi connectivity index (χ0) is 24.7. The molecule has 0 aliphatic rings. The van der Waals surface area contributed by atoms with Gasteiger partial charge in [-0.2, -0.15) is 0 Å². The van der Waals surface area contributed by atoms with E-state index in [0.29, 0.717) is 0 Å². The monoisotopic (exact) mass is 483 g/mol. The van der Waals surface area contributed by atoms with Crippen LogP contribution in [0.5, 0.6) is 0 Å². The van der Waals surface area contributed by atoms with Crippen LogP contribution < -0.4 is 0 Å². The van der Waals surface area contributed by atoms with Gasteiger partial charge < -0.3 is 0 Å². The molecule has 0 spiro atoms. The van der Waals surface area contributed by atoms with E-state index in [2.05, 4.69) is 114 Å². The van der Waals surface area contributed by atoms with E-state index in [1.807, 2.05) is 0 Å². The Bertz CT molecular complexity index is 534. The van der Waals surface area contributed by atoms with Crippen LogP contribution in [0.2, 0.25) is 54.4 Å². The van der Waals surface area contributed by atoms with Crippen molar-refractivity contribution >= 4 is 30.1 Å². The molecule has 0 saturated heterocycles. The van der Waals surface area contributed by atoms with Gasteiger partial charge in [0, 0.05) is 8.52 Å². The fraction of sp³-hybridized carbons (Fsp3) is 0.333. The van der Waals surface area contributed by atoms with Crippen molar-refractivity contribution < 1.29 is 0 Å². The molecule has 0 fully saturated rings. The van der Waals surface area contributed by atoms with Crippen molar-refractivity contribution in [3.05, 3.63) is 114 Å². The molecule has 0 unspecified atom stereocenters. The van der Waals surface area contributed by atoms with Crippen molar-refractivity contribution in [3.63, 3.8) is 0 Å². The van der Waals surface area contributed by atoms with E-state index >= 15 is 0 Å². The number of rotatable bonds is 21. The Labute approximate surface area is 199 Å². The van der Waals surface area contributed by atoms with Gasteiger partial charge in [-0.25, -0.2) is 0 Å². The van der Waals surface area contributed by atoms with Crippen molar-refractivity contribution in [2.24, 2.45) is 0 Å². The fourth-order valence-electron chi connectivity index (χ4n) is 5.84. The van der Waals surface area contributed by atoms with Gasteiger partial charge in [-0.1, -0.05) is 54.7 Å². The molecule has 0 amide bonds. The Hall–Kier alpha value is -1.47. The lowest BCUT2D eigenvalue weighted by molar-refractivity contribution is 1.36. The molecule has 170 valence electrons. The van der Waals surface area contributed by atoms with Crippen LogP contribution >= 0.6 is 0 Å². The largest absolute Gasteiger partial charge is 0.103 e. The Morgan fingerprint density at radius 1 is 0.387 bits per heavy atom. The maximum Gasteiger partial charge on any atom is 0.0502 e. The topological polar surface area (TPSA) is 0 Å². The summed E-state index contributed by atoms with van der Waals surface area (Å²) in [4.78, 5) is 0. The maximum atomic E-state index is 11.1. The molecule has 0 radical (unpaired) electrons. The minimum Gasteiger partial charge on any atom is -0.103 e. The molecule has 0 atom stereocenters. The van der Waals surface area contributed by atoms with Crippen LogP contribution in [0.4, 0.5) is 0 Å². The molecule has 0 bridgehead atoms. The third-order valence-electron chi connectivity index (χ3n) is 6.41. The van der Waals surface area contributed by atoms with Crippen LogP contribution in [0.15, 0.2) is 114 Å². The molecule has 0 nitrogen and oxygen atoms in total. The van der Waals surface area contributed by atoms with Crippen molar-refractivity contribution in [3.8, 4) is 0 Å². The molecule has 0 aromatic carbocycles. The quantitative estimate of drug-likeness (QED) is 0.113. The predicted molar refractivity (Wildman–Crippen MR) is 159 cm³/mol. The van der Waals surface area contributed by atoms with Gasteiger partial charge in [-0.05, 0) is 54.4 Å². The summed E-state index contributed by atoms with van der Waals surface area (Å²) in [6.07, 6.45) is 18.7. The van der Waals surface area contributed by atoms with Crippen LogP contribution in [0.25, 0.3) is 0 Å². The highest BCUT2D eigenvalue weighted by Gasteiger charge is 2.59. The van der Waals surface area contributed by atoms with Crippen molar-refractivity contribution in [1.82, 2.24) is 0 Å². The Kier molecular flexibility index (Phi) is 13.6. The van der Waals surface area contributed by atoms with E-state index in [1.54, 1.807) is 0 Å². The molecule has 31 heavy (non-hydrogen) atoms. The maximum absolute atomic E-state index is 11.1. The van der Waals surface area contributed by atoms with Crippen LogP contribution in [0.1, 0.15) is 0 Å². The first-order valence-corrected chi connectivity index (χ1v) is 23.6. The summed E-state index contributed by atoms with van der Waals surface area (Å²) in [6.45, 7) is 37.6. The van der Waals surface area contributed by atoms with Crippen LogP contribution in [0, 0.1) is 0 Å². The number of allylic oxidation sites excluding steroid dienone is 9. The lowest BCUT2D eigenvalue weighted by Crippen LogP contribution is -2.77. The summed E-state index contributed by atoms with van der Waals surface area (Å²) < 4.78 is 11.1. The molecular formula is C27H46Si4. The summed E-state index contributed by atoms with van der Waals surface area (Å²) in [5.41, 5.74) is 0. The van der Waals surface area contributed by atoms with E-state index in [0.717, 1.165) is 54.4 Å². The minimum absolute atomic E-state index is 0.932. The summed E-state index contributed by atoms with van der Waals surface area (Å²) >= 11 is 0. The third-order valence-corrected chi connectivity index (χ3v) is 62.9. The molecule has 0 rings (SSSR count). The Balaban J connectivity index is 8.00. The number of hydrogen-bond acceptors (Lipinski definition) is 0. The summed E-state index contributed by atoms with van der Waals surface area (Å²) in [5.74, 6) is 0. The van der Waals surface area contributed by atoms with Crippen LogP contribution in [-0.4, -0.2) is 31.3 Å². The normalized spacial score (nSPS) is 12.7. The van der Waals surface area contributed by atoms with Gasteiger partial charge >= 0.3 is 0 Å². The molecule has 4 heteroatoms. The van der Waals surface area contributed by atoms with Gasteiger partial charge in [0.05, 0.1) is 22.8 Å². The second kappa shape index (κ2) is 15.3. The predicted octanol–water partition coefficient (Wildman–Crippen LogP) is 8.47. The molecule has 0 aliphatic carbocycles. The Morgan fingerprint density at radius 3 is 0.613 bits per heavy atom. The second-order valence-electron chi connectivity index (χ2n) is 8.65. The lowest BCUT2D eigenvalue weighted by Gasteiger charge is -2.56. The molecule has 0 heterocycles. The van der Waals surface area contributed by atoms with Gasteiger partial charge in [0.1, 0.15) is 0 Å². The van der Waals surface area contributed by atoms with Crippen molar-refractivity contribution in [2.75, 3.05) is 0 Å². The average Bonchev–Trinajstić information content (AvgIpc) is 2.74. The molecule has 0 aromatic heterocycles. The number of hydrogen-bond donors (Lipinski definition) is 0. The first-order chi connectivity index (χ1) is 15.3. The van der Waals surface area contributed by atoms with Gasteiger partial charge in [0.15, 0.2) is 0 Å².